The highest BCUT2D eigenvalue weighted by atomic mass is 32.2. The number of nitrogen functional groups attached to an aromatic ring is 1. The van der Waals surface area contributed by atoms with Gasteiger partial charge in [-0.3, -0.25) is 0 Å². The lowest BCUT2D eigenvalue weighted by molar-refractivity contribution is 0.382. The Hall–Kier alpha value is -0.710. The molecule has 1 aliphatic rings. The average Bonchev–Trinajstić information content (AvgIpc) is 2.54. The Balaban J connectivity index is 2.22. The van der Waals surface area contributed by atoms with E-state index in [4.69, 9.17) is 10.3 Å². The van der Waals surface area contributed by atoms with Crippen LogP contribution in [-0.2, 0) is 5.41 Å². The van der Waals surface area contributed by atoms with E-state index in [0.29, 0.717) is 0 Å². The monoisotopic (exact) mass is 199 g/mol. The lowest BCUT2D eigenvalue weighted by atomic mass is 9.86. The van der Waals surface area contributed by atoms with Gasteiger partial charge in [0, 0.05) is 11.2 Å². The van der Waals surface area contributed by atoms with E-state index in [2.05, 4.69) is 17.1 Å². The molecule has 72 valence electrons. The zero-order valence-corrected chi connectivity index (χ0v) is 8.43. The molecule has 0 aromatic carbocycles. The second kappa shape index (κ2) is 3.21. The predicted octanol–water partition coefficient (Wildman–Crippen LogP) is 1.44. The maximum absolute atomic E-state index is 5.40. The second-order valence-corrected chi connectivity index (χ2v) is 4.78. The van der Waals surface area contributed by atoms with Gasteiger partial charge in [0.15, 0.2) is 5.82 Å². The molecule has 2 heterocycles. The summed E-state index contributed by atoms with van der Waals surface area (Å²) in [6, 6.07) is 0.173. The molecule has 2 rings (SSSR count). The molecule has 1 aromatic rings. The SMILES string of the molecule is CC1(c2noc(N)n2)CCCSC1. The van der Waals surface area contributed by atoms with E-state index in [1.807, 2.05) is 11.8 Å². The van der Waals surface area contributed by atoms with Gasteiger partial charge in [0.25, 0.3) is 0 Å². The van der Waals surface area contributed by atoms with Crippen LogP contribution in [0.1, 0.15) is 25.6 Å². The van der Waals surface area contributed by atoms with E-state index in [-0.39, 0.29) is 11.4 Å². The summed E-state index contributed by atoms with van der Waals surface area (Å²) in [4.78, 5) is 4.09. The highest BCUT2D eigenvalue weighted by molar-refractivity contribution is 7.99. The third-order valence-corrected chi connectivity index (χ3v) is 3.84. The van der Waals surface area contributed by atoms with Crippen molar-refractivity contribution in [3.63, 3.8) is 0 Å². The van der Waals surface area contributed by atoms with Crippen molar-refractivity contribution in [2.24, 2.45) is 0 Å². The number of nitrogens with zero attached hydrogens (tertiary/aromatic N) is 2. The smallest absolute Gasteiger partial charge is 0.318 e. The van der Waals surface area contributed by atoms with Crippen LogP contribution < -0.4 is 5.73 Å². The van der Waals surface area contributed by atoms with Crippen LogP contribution in [0.25, 0.3) is 0 Å². The Morgan fingerprint density at radius 2 is 2.46 bits per heavy atom. The molecule has 13 heavy (non-hydrogen) atoms. The number of anilines is 1. The molecule has 1 aromatic heterocycles. The largest absolute Gasteiger partial charge is 0.351 e. The van der Waals surface area contributed by atoms with Gasteiger partial charge in [-0.25, -0.2) is 0 Å². The first-order chi connectivity index (χ1) is 6.21. The molecule has 4 nitrogen and oxygen atoms in total. The second-order valence-electron chi connectivity index (χ2n) is 3.67. The molecule has 1 fully saturated rings. The van der Waals surface area contributed by atoms with Crippen LogP contribution in [0, 0.1) is 0 Å². The molecule has 1 saturated heterocycles. The number of nitrogens with two attached hydrogens (primary N) is 1. The van der Waals surface area contributed by atoms with Gasteiger partial charge in [-0.2, -0.15) is 16.7 Å². The highest BCUT2D eigenvalue weighted by Crippen LogP contribution is 2.35. The van der Waals surface area contributed by atoms with Gasteiger partial charge in [-0.1, -0.05) is 12.1 Å². The van der Waals surface area contributed by atoms with Crippen molar-refractivity contribution in [2.75, 3.05) is 17.2 Å². The molecule has 0 bridgehead atoms. The molecular weight excluding hydrogens is 186 g/mol. The van der Waals surface area contributed by atoms with Crippen LogP contribution in [0.5, 0.6) is 0 Å². The fraction of sp³-hybridized carbons (Fsp3) is 0.750. The van der Waals surface area contributed by atoms with Gasteiger partial charge in [0.2, 0.25) is 0 Å². The molecule has 2 N–H and O–H groups in total. The zero-order chi connectivity index (χ0) is 9.31. The third kappa shape index (κ3) is 1.65. The van der Waals surface area contributed by atoms with E-state index in [9.17, 15) is 0 Å². The van der Waals surface area contributed by atoms with Gasteiger partial charge in [0.05, 0.1) is 0 Å². The van der Waals surface area contributed by atoms with Crippen LogP contribution >= 0.6 is 11.8 Å². The number of rotatable bonds is 1. The quantitative estimate of drug-likeness (QED) is 0.741. The van der Waals surface area contributed by atoms with Crippen molar-refractivity contribution in [1.29, 1.82) is 0 Å². The van der Waals surface area contributed by atoms with E-state index in [1.54, 1.807) is 0 Å². The van der Waals surface area contributed by atoms with Gasteiger partial charge in [-0.05, 0) is 18.6 Å². The van der Waals surface area contributed by atoms with E-state index in [0.717, 1.165) is 18.0 Å². The van der Waals surface area contributed by atoms with Crippen LogP contribution in [0.2, 0.25) is 0 Å². The molecule has 0 aliphatic carbocycles. The summed E-state index contributed by atoms with van der Waals surface area (Å²) in [5.41, 5.74) is 5.46. The first-order valence-corrected chi connectivity index (χ1v) is 5.54. The fourth-order valence-electron chi connectivity index (χ4n) is 1.59. The summed E-state index contributed by atoms with van der Waals surface area (Å²) in [5.74, 6) is 3.06. The Kier molecular flexibility index (Phi) is 2.19. The average molecular weight is 199 g/mol. The highest BCUT2D eigenvalue weighted by Gasteiger charge is 2.33. The van der Waals surface area contributed by atoms with E-state index < -0.39 is 0 Å². The summed E-state index contributed by atoms with van der Waals surface area (Å²) in [7, 11) is 0. The minimum atomic E-state index is 0.0596. The van der Waals surface area contributed by atoms with Crippen molar-refractivity contribution in [3.8, 4) is 0 Å². The van der Waals surface area contributed by atoms with Crippen LogP contribution in [0.15, 0.2) is 4.52 Å². The maximum Gasteiger partial charge on any atom is 0.318 e. The van der Waals surface area contributed by atoms with Gasteiger partial charge in [0.1, 0.15) is 0 Å². The molecular formula is C8H13N3OS. The van der Waals surface area contributed by atoms with Crippen molar-refractivity contribution in [1.82, 2.24) is 10.1 Å². The number of hydrogen-bond acceptors (Lipinski definition) is 5. The van der Waals surface area contributed by atoms with E-state index >= 15 is 0 Å². The minimum Gasteiger partial charge on any atom is -0.351 e. The summed E-state index contributed by atoms with van der Waals surface area (Å²) in [5, 5.41) is 3.89. The standard InChI is InChI=1S/C8H13N3OS/c1-8(3-2-4-13-5-8)6-10-7(9)12-11-6/h2-5H2,1H3,(H2,9,10,11). The third-order valence-electron chi connectivity index (χ3n) is 2.42. The normalized spacial score (nSPS) is 29.0. The zero-order valence-electron chi connectivity index (χ0n) is 7.62. The van der Waals surface area contributed by atoms with E-state index in [1.165, 1.54) is 12.2 Å². The molecule has 1 aliphatic heterocycles. The first-order valence-electron chi connectivity index (χ1n) is 4.38. The summed E-state index contributed by atoms with van der Waals surface area (Å²) in [6.07, 6.45) is 2.34. The predicted molar refractivity (Wildman–Crippen MR) is 52.6 cm³/mol. The summed E-state index contributed by atoms with van der Waals surface area (Å²) < 4.78 is 4.79. The first kappa shape index (κ1) is 8.87. The van der Waals surface area contributed by atoms with Gasteiger partial charge in [-0.15, -0.1) is 0 Å². The Morgan fingerprint density at radius 1 is 1.62 bits per heavy atom. The van der Waals surface area contributed by atoms with Crippen LogP contribution in [0.3, 0.4) is 0 Å². The molecule has 1 unspecified atom stereocenters. The fourth-order valence-corrected chi connectivity index (χ4v) is 2.81. The van der Waals surface area contributed by atoms with Crippen molar-refractivity contribution in [2.45, 2.75) is 25.2 Å². The van der Waals surface area contributed by atoms with Crippen LogP contribution in [0.4, 0.5) is 6.01 Å². The molecule has 0 amide bonds. The molecule has 0 saturated carbocycles. The Bertz CT molecular complexity index is 293. The van der Waals surface area contributed by atoms with Gasteiger partial charge >= 0.3 is 6.01 Å². The summed E-state index contributed by atoms with van der Waals surface area (Å²) in [6.45, 7) is 2.17. The number of thioether (sulfide) groups is 1. The molecule has 0 spiro atoms. The van der Waals surface area contributed by atoms with Gasteiger partial charge < -0.3 is 10.3 Å². The van der Waals surface area contributed by atoms with Crippen molar-refractivity contribution >= 4 is 17.8 Å². The lowest BCUT2D eigenvalue weighted by Gasteiger charge is -2.29. The number of hydrogen-bond donors (Lipinski definition) is 1. The topological polar surface area (TPSA) is 64.9 Å². The minimum absolute atomic E-state index is 0.0596. The lowest BCUT2D eigenvalue weighted by Crippen LogP contribution is -2.30. The molecule has 1 atom stereocenters. The van der Waals surface area contributed by atoms with Crippen molar-refractivity contribution < 1.29 is 4.52 Å². The van der Waals surface area contributed by atoms with Crippen LogP contribution in [-0.4, -0.2) is 21.6 Å². The number of aromatic nitrogens is 2. The maximum atomic E-state index is 5.40. The van der Waals surface area contributed by atoms with Crippen molar-refractivity contribution in [3.05, 3.63) is 5.82 Å². The Morgan fingerprint density at radius 3 is 3.00 bits per heavy atom. The summed E-state index contributed by atoms with van der Waals surface area (Å²) >= 11 is 1.94. The molecule has 0 radical (unpaired) electrons. The Labute approximate surface area is 81.3 Å². The molecule has 5 heteroatoms.